The van der Waals surface area contributed by atoms with Gasteiger partial charge in [0.2, 0.25) is 5.91 Å². The van der Waals surface area contributed by atoms with Crippen molar-refractivity contribution >= 4 is 27.3 Å². The zero-order valence-electron chi connectivity index (χ0n) is 21.6. The van der Waals surface area contributed by atoms with Crippen molar-refractivity contribution in [2.45, 2.75) is 42.4 Å². The number of rotatable bonds is 5. The van der Waals surface area contributed by atoms with E-state index >= 15 is 0 Å². The summed E-state index contributed by atoms with van der Waals surface area (Å²) in [7, 11) is -3.54. The van der Waals surface area contributed by atoms with Crippen molar-refractivity contribution < 1.29 is 53.8 Å². The number of hydrogen-bond donors (Lipinski definition) is 2. The molecular weight excluding hydrogens is 597 g/mol. The Morgan fingerprint density at radius 1 is 0.929 bits per heavy atom. The van der Waals surface area contributed by atoms with Crippen LogP contribution in [0, 0.1) is 5.82 Å². The van der Waals surface area contributed by atoms with Gasteiger partial charge in [0.25, 0.3) is 11.5 Å². The van der Waals surface area contributed by atoms with Gasteiger partial charge in [0, 0.05) is 36.5 Å². The highest BCUT2D eigenvalue weighted by molar-refractivity contribution is 7.90. The number of anilines is 1. The molecule has 1 heterocycles. The number of sulfone groups is 1. The Kier molecular flexibility index (Phi) is 7.65. The number of nitrogens with zero attached hydrogens (tertiary/aromatic N) is 1. The van der Waals surface area contributed by atoms with E-state index in [-0.39, 0.29) is 34.3 Å². The topological polar surface area (TPSA) is 104 Å². The first kappa shape index (κ1) is 31.0. The van der Waals surface area contributed by atoms with Gasteiger partial charge in [-0.15, -0.1) is 0 Å². The van der Waals surface area contributed by atoms with Crippen LogP contribution in [0.4, 0.5) is 36.4 Å². The minimum atomic E-state index is -6.17. The lowest BCUT2D eigenvalue weighted by Gasteiger charge is -2.32. The average Bonchev–Trinajstić information content (AvgIpc) is 3.26. The number of nitrogens with one attached hydrogen (secondary N) is 1. The summed E-state index contributed by atoms with van der Waals surface area (Å²) in [6.45, 7) is 1.22. The lowest BCUT2D eigenvalue weighted by Crippen LogP contribution is -2.53. The molecule has 0 bridgehead atoms. The molecule has 1 aliphatic heterocycles. The fourth-order valence-electron chi connectivity index (χ4n) is 4.64. The first-order valence-electron chi connectivity index (χ1n) is 11.9. The number of hydrogen-bond acceptors (Lipinski definition) is 5. The van der Waals surface area contributed by atoms with E-state index < -0.39 is 57.0 Å². The second kappa shape index (κ2) is 10.4. The zero-order chi connectivity index (χ0) is 31.4. The molecule has 4 rings (SSSR count). The number of carbonyl (C=O) groups excluding carboxylic acids is 2. The zero-order valence-corrected chi connectivity index (χ0v) is 22.5. The molecule has 0 aliphatic carbocycles. The highest BCUT2D eigenvalue weighted by Gasteiger charge is 2.71. The smallest absolute Gasteiger partial charge is 0.369 e. The maximum absolute atomic E-state index is 14.7. The summed E-state index contributed by atoms with van der Waals surface area (Å²) in [5.74, 6) is -2.58. The maximum atomic E-state index is 14.7. The van der Waals surface area contributed by atoms with Crippen LogP contribution in [-0.4, -0.2) is 48.8 Å². The largest absolute Gasteiger partial charge is 0.430 e. The predicted octanol–water partition coefficient (Wildman–Crippen LogP) is 5.25. The first-order valence-corrected chi connectivity index (χ1v) is 13.8. The van der Waals surface area contributed by atoms with E-state index in [2.05, 4.69) is 5.32 Å². The van der Waals surface area contributed by atoms with Crippen molar-refractivity contribution in [2.24, 2.45) is 0 Å². The van der Waals surface area contributed by atoms with Crippen molar-refractivity contribution in [3.8, 4) is 11.1 Å². The van der Waals surface area contributed by atoms with Gasteiger partial charge in [-0.2, -0.15) is 26.3 Å². The second-order valence-electron chi connectivity index (χ2n) is 9.65. The molecule has 0 spiro atoms. The third-order valence-corrected chi connectivity index (χ3v) is 7.92. The van der Waals surface area contributed by atoms with Crippen molar-refractivity contribution in [2.75, 3.05) is 11.6 Å². The standard InChI is InChI=1S/C27H21F7N2O5S/c1-14(37)36-13-16-11-19(42(2,40)41)8-10-21(16)23(36)24(38)35-18-6-3-15(4-7-18)20-9-5-17(12-22(20)28)25(39,26(29,30)31)27(32,33)34/h3-12,23,39H,13H2,1-2H3,(H,35,38)/t23-/m0/s1. The van der Waals surface area contributed by atoms with E-state index in [0.717, 1.165) is 6.26 Å². The third kappa shape index (κ3) is 5.45. The highest BCUT2D eigenvalue weighted by atomic mass is 32.2. The van der Waals surface area contributed by atoms with E-state index in [1.54, 1.807) is 0 Å². The van der Waals surface area contributed by atoms with E-state index in [1.165, 1.54) is 54.3 Å². The Bertz CT molecular complexity index is 1660. The summed E-state index contributed by atoms with van der Waals surface area (Å²) in [4.78, 5) is 26.7. The van der Waals surface area contributed by atoms with Crippen molar-refractivity contribution in [1.82, 2.24) is 4.90 Å². The Hall–Kier alpha value is -3.98. The second-order valence-corrected chi connectivity index (χ2v) is 11.7. The first-order chi connectivity index (χ1) is 19.3. The molecule has 15 heteroatoms. The molecule has 0 aromatic heterocycles. The minimum absolute atomic E-state index is 0.0157. The van der Waals surface area contributed by atoms with Crippen LogP contribution in [0.15, 0.2) is 65.6 Å². The van der Waals surface area contributed by atoms with Crippen LogP contribution in [-0.2, 0) is 31.6 Å². The lowest BCUT2D eigenvalue weighted by molar-refractivity contribution is -0.376. The Morgan fingerprint density at radius 2 is 1.52 bits per heavy atom. The minimum Gasteiger partial charge on any atom is -0.369 e. The Balaban J connectivity index is 1.59. The Morgan fingerprint density at radius 3 is 2.02 bits per heavy atom. The molecule has 1 aliphatic rings. The van der Waals surface area contributed by atoms with Crippen LogP contribution >= 0.6 is 0 Å². The molecule has 42 heavy (non-hydrogen) atoms. The average molecular weight is 619 g/mol. The van der Waals surface area contributed by atoms with Crippen molar-refractivity contribution in [3.63, 3.8) is 0 Å². The van der Waals surface area contributed by atoms with Gasteiger partial charge < -0.3 is 15.3 Å². The molecule has 0 fully saturated rings. The van der Waals surface area contributed by atoms with Gasteiger partial charge in [-0.05, 0) is 47.0 Å². The van der Waals surface area contributed by atoms with Crippen LogP contribution in [0.5, 0.6) is 0 Å². The van der Waals surface area contributed by atoms with E-state index in [0.29, 0.717) is 23.3 Å². The van der Waals surface area contributed by atoms with Gasteiger partial charge in [-0.25, -0.2) is 12.8 Å². The highest BCUT2D eigenvalue weighted by Crippen LogP contribution is 2.50. The van der Waals surface area contributed by atoms with E-state index in [1.807, 2.05) is 0 Å². The van der Waals surface area contributed by atoms with Gasteiger partial charge in [-0.1, -0.05) is 30.3 Å². The predicted molar refractivity (Wildman–Crippen MR) is 135 cm³/mol. The summed E-state index contributed by atoms with van der Waals surface area (Å²) in [5, 5.41) is 12.1. The van der Waals surface area contributed by atoms with Crippen LogP contribution in [0.25, 0.3) is 11.1 Å². The van der Waals surface area contributed by atoms with Crippen molar-refractivity contribution in [3.05, 3.63) is 83.2 Å². The Labute approximate surface area is 234 Å². The summed E-state index contributed by atoms with van der Waals surface area (Å²) in [6, 6.07) is 9.05. The monoisotopic (exact) mass is 618 g/mol. The summed E-state index contributed by atoms with van der Waals surface area (Å²) < 4.78 is 117. The number of fused-ring (bicyclic) bond motifs is 1. The van der Waals surface area contributed by atoms with E-state index in [9.17, 15) is 53.8 Å². The number of aliphatic hydroxyl groups is 1. The van der Waals surface area contributed by atoms with Crippen molar-refractivity contribution in [1.29, 1.82) is 0 Å². The molecule has 2 amide bonds. The molecule has 3 aromatic carbocycles. The molecule has 0 radical (unpaired) electrons. The molecule has 0 unspecified atom stereocenters. The van der Waals surface area contributed by atoms with Gasteiger partial charge in [0.05, 0.1) is 4.90 Å². The maximum Gasteiger partial charge on any atom is 0.430 e. The number of benzene rings is 3. The molecule has 3 aromatic rings. The summed E-state index contributed by atoms with van der Waals surface area (Å²) in [5.41, 5.74) is -6.34. The van der Waals surface area contributed by atoms with Gasteiger partial charge in [-0.3, -0.25) is 9.59 Å². The SMILES string of the molecule is CC(=O)N1Cc2cc(S(C)(=O)=O)ccc2[C@H]1C(=O)Nc1ccc(-c2ccc(C(O)(C(F)(F)F)C(F)(F)F)cc2F)cc1. The normalized spacial score (nSPS) is 15.9. The number of alkyl halides is 6. The fraction of sp³-hybridized carbons (Fsp3) is 0.259. The van der Waals surface area contributed by atoms with Gasteiger partial charge in [0.1, 0.15) is 11.9 Å². The molecule has 1 atom stereocenters. The number of halogens is 7. The fourth-order valence-corrected chi connectivity index (χ4v) is 5.31. The van der Waals surface area contributed by atoms with Crippen LogP contribution in [0.2, 0.25) is 0 Å². The number of carbonyl (C=O) groups is 2. The molecule has 0 saturated carbocycles. The molecular formula is C27H21F7N2O5S. The quantitative estimate of drug-likeness (QED) is 0.381. The van der Waals surface area contributed by atoms with Gasteiger partial charge >= 0.3 is 12.4 Å². The molecule has 7 nitrogen and oxygen atoms in total. The number of amides is 2. The van der Waals surface area contributed by atoms with Gasteiger partial charge in [0.15, 0.2) is 9.84 Å². The lowest BCUT2D eigenvalue weighted by atomic mass is 9.90. The summed E-state index contributed by atoms with van der Waals surface area (Å²) in [6.07, 6.45) is -11.3. The molecule has 224 valence electrons. The van der Waals surface area contributed by atoms with Crippen LogP contribution in [0.3, 0.4) is 0 Å². The van der Waals surface area contributed by atoms with E-state index in [4.69, 9.17) is 0 Å². The molecule has 2 N–H and O–H groups in total. The molecule has 0 saturated heterocycles. The summed E-state index contributed by atoms with van der Waals surface area (Å²) >= 11 is 0. The van der Waals surface area contributed by atoms with Crippen LogP contribution in [0.1, 0.15) is 29.7 Å². The van der Waals surface area contributed by atoms with Crippen LogP contribution < -0.4 is 5.32 Å². The third-order valence-electron chi connectivity index (χ3n) is 6.81.